The van der Waals surface area contributed by atoms with Crippen LogP contribution in [0.25, 0.3) is 0 Å². The summed E-state index contributed by atoms with van der Waals surface area (Å²) in [5.41, 5.74) is 6.12. The minimum absolute atomic E-state index is 0.0319. The number of Topliss-reactive ketones (excluding diaryl/α,β-unsaturated/α-hetero) is 1. The first kappa shape index (κ1) is 12.3. The molecule has 1 aliphatic heterocycles. The van der Waals surface area contributed by atoms with E-state index in [9.17, 15) is 4.79 Å². The number of anilines is 1. The molecule has 5 heteroatoms. The molecule has 0 saturated carbocycles. The number of pyridine rings is 1. The Hall–Kier alpha value is -1.13. The summed E-state index contributed by atoms with van der Waals surface area (Å²) in [6, 6.07) is 1.60. The average Bonchev–Trinajstić information content (AvgIpc) is 2.82. The zero-order valence-corrected chi connectivity index (χ0v) is 10.3. The van der Waals surface area contributed by atoms with Gasteiger partial charge in [-0.3, -0.25) is 4.79 Å². The number of hydrogen-bond donors (Lipinski definition) is 2. The summed E-state index contributed by atoms with van der Waals surface area (Å²) in [6.07, 6.45) is 4.02. The molecule has 0 aliphatic carbocycles. The minimum atomic E-state index is 0.0319. The van der Waals surface area contributed by atoms with Crippen LogP contribution < -0.4 is 11.1 Å². The molecule has 1 aromatic heterocycles. The lowest BCUT2D eigenvalue weighted by molar-refractivity contribution is 0.0975. The van der Waals surface area contributed by atoms with Crippen molar-refractivity contribution in [1.82, 2.24) is 10.3 Å². The average molecular weight is 254 g/mol. The first-order valence-electron chi connectivity index (χ1n) is 5.82. The summed E-state index contributed by atoms with van der Waals surface area (Å²) in [5.74, 6) is 0.903. The van der Waals surface area contributed by atoms with Crippen LogP contribution in [0.2, 0.25) is 5.02 Å². The third kappa shape index (κ3) is 3.17. The summed E-state index contributed by atoms with van der Waals surface area (Å²) in [5, 5.41) is 3.74. The molecule has 0 radical (unpaired) electrons. The number of nitrogens with zero attached hydrogens (tertiary/aromatic N) is 1. The summed E-state index contributed by atoms with van der Waals surface area (Å²) < 4.78 is 0. The van der Waals surface area contributed by atoms with Gasteiger partial charge in [0.25, 0.3) is 0 Å². The highest BCUT2D eigenvalue weighted by Gasteiger charge is 2.17. The van der Waals surface area contributed by atoms with E-state index in [1.54, 1.807) is 6.07 Å². The van der Waals surface area contributed by atoms with Crippen molar-refractivity contribution in [1.29, 1.82) is 0 Å². The minimum Gasteiger partial charge on any atom is -0.383 e. The van der Waals surface area contributed by atoms with Crippen molar-refractivity contribution in [2.45, 2.75) is 19.3 Å². The molecule has 0 spiro atoms. The summed E-state index contributed by atoms with van der Waals surface area (Å²) in [4.78, 5) is 15.9. The van der Waals surface area contributed by atoms with Gasteiger partial charge in [0, 0.05) is 12.6 Å². The maximum absolute atomic E-state index is 12.0. The number of carbonyl (C=O) groups excluding carboxylic acids is 1. The van der Waals surface area contributed by atoms with Gasteiger partial charge in [0.05, 0.1) is 10.6 Å². The maximum atomic E-state index is 12.0. The number of halogens is 1. The molecule has 1 unspecified atom stereocenters. The molecular weight excluding hydrogens is 238 g/mol. The Kier molecular flexibility index (Phi) is 3.97. The van der Waals surface area contributed by atoms with Crippen LogP contribution in [0, 0.1) is 5.92 Å². The van der Waals surface area contributed by atoms with Crippen LogP contribution in [0.15, 0.2) is 12.3 Å². The lowest BCUT2D eigenvalue weighted by Crippen LogP contribution is -2.11. The monoisotopic (exact) mass is 253 g/mol. The molecule has 0 amide bonds. The van der Waals surface area contributed by atoms with E-state index in [2.05, 4.69) is 10.3 Å². The molecular formula is C12H16ClN3O. The highest BCUT2D eigenvalue weighted by molar-refractivity contribution is 6.31. The van der Waals surface area contributed by atoms with Crippen LogP contribution in [0.5, 0.6) is 0 Å². The fourth-order valence-corrected chi connectivity index (χ4v) is 2.26. The Balaban J connectivity index is 1.96. The lowest BCUT2D eigenvalue weighted by Gasteiger charge is -2.08. The van der Waals surface area contributed by atoms with E-state index in [1.165, 1.54) is 6.20 Å². The first-order chi connectivity index (χ1) is 8.16. The summed E-state index contributed by atoms with van der Waals surface area (Å²) in [6.45, 7) is 2.07. The van der Waals surface area contributed by atoms with Crippen molar-refractivity contribution >= 4 is 23.2 Å². The van der Waals surface area contributed by atoms with Gasteiger partial charge in [0.1, 0.15) is 5.82 Å². The van der Waals surface area contributed by atoms with E-state index < -0.39 is 0 Å². The highest BCUT2D eigenvalue weighted by Crippen LogP contribution is 2.20. The van der Waals surface area contributed by atoms with Crippen molar-refractivity contribution in [2.24, 2.45) is 5.92 Å². The molecule has 1 saturated heterocycles. The fourth-order valence-electron chi connectivity index (χ4n) is 2.10. The van der Waals surface area contributed by atoms with Crippen LogP contribution in [0.4, 0.5) is 5.82 Å². The van der Waals surface area contributed by atoms with Gasteiger partial charge in [-0.05, 0) is 37.9 Å². The molecule has 1 fully saturated rings. The van der Waals surface area contributed by atoms with Gasteiger partial charge >= 0.3 is 0 Å². The van der Waals surface area contributed by atoms with Crippen molar-refractivity contribution in [3.8, 4) is 0 Å². The fraction of sp³-hybridized carbons (Fsp3) is 0.500. The Morgan fingerprint density at radius 2 is 2.47 bits per heavy atom. The Bertz CT molecular complexity index is 416. The molecule has 0 bridgehead atoms. The van der Waals surface area contributed by atoms with Gasteiger partial charge in [0.15, 0.2) is 5.78 Å². The predicted molar refractivity (Wildman–Crippen MR) is 68.2 cm³/mol. The zero-order valence-electron chi connectivity index (χ0n) is 9.58. The van der Waals surface area contributed by atoms with Gasteiger partial charge in [-0.25, -0.2) is 4.98 Å². The van der Waals surface area contributed by atoms with Crippen molar-refractivity contribution < 1.29 is 4.79 Å². The van der Waals surface area contributed by atoms with Gasteiger partial charge in [-0.2, -0.15) is 0 Å². The van der Waals surface area contributed by atoms with Crippen LogP contribution in [0.1, 0.15) is 29.6 Å². The molecule has 2 rings (SSSR count). The van der Waals surface area contributed by atoms with E-state index in [0.29, 0.717) is 22.9 Å². The topological polar surface area (TPSA) is 68.0 Å². The number of nitrogens with two attached hydrogens (primary N) is 1. The van der Waals surface area contributed by atoms with Crippen molar-refractivity contribution in [3.05, 3.63) is 22.8 Å². The molecule has 3 N–H and O–H groups in total. The van der Waals surface area contributed by atoms with E-state index in [4.69, 9.17) is 17.3 Å². The number of nitrogens with one attached hydrogen (secondary N) is 1. The van der Waals surface area contributed by atoms with E-state index in [-0.39, 0.29) is 11.6 Å². The van der Waals surface area contributed by atoms with Crippen LogP contribution in [-0.4, -0.2) is 23.9 Å². The number of carbonyl (C=O) groups is 1. The number of hydrogen-bond acceptors (Lipinski definition) is 4. The Morgan fingerprint density at radius 1 is 1.65 bits per heavy atom. The van der Waals surface area contributed by atoms with E-state index in [1.807, 2.05) is 0 Å². The summed E-state index contributed by atoms with van der Waals surface area (Å²) in [7, 11) is 0. The second kappa shape index (κ2) is 5.47. The third-order valence-electron chi connectivity index (χ3n) is 3.13. The third-order valence-corrected chi connectivity index (χ3v) is 3.33. The Morgan fingerprint density at radius 3 is 3.18 bits per heavy atom. The second-order valence-corrected chi connectivity index (χ2v) is 4.84. The number of ketones is 1. The molecule has 0 aromatic carbocycles. The standard InChI is InChI=1S/C12H16ClN3O/c13-9-5-10(12(14)16-7-9)11(17)2-1-8-3-4-15-6-8/h5,7-8,15H,1-4,6H2,(H2,14,16). The molecule has 2 heterocycles. The summed E-state index contributed by atoms with van der Waals surface area (Å²) >= 11 is 5.81. The van der Waals surface area contributed by atoms with E-state index in [0.717, 1.165) is 25.9 Å². The highest BCUT2D eigenvalue weighted by atomic mass is 35.5. The Labute approximate surface area is 106 Å². The SMILES string of the molecule is Nc1ncc(Cl)cc1C(=O)CCC1CCNC1. The van der Waals surface area contributed by atoms with Crippen molar-refractivity contribution in [3.63, 3.8) is 0 Å². The number of rotatable bonds is 4. The van der Waals surface area contributed by atoms with Gasteiger partial charge in [0.2, 0.25) is 0 Å². The molecule has 1 atom stereocenters. The predicted octanol–water partition coefficient (Wildman–Crippen LogP) is 1.89. The quantitative estimate of drug-likeness (QED) is 0.804. The second-order valence-electron chi connectivity index (χ2n) is 4.41. The maximum Gasteiger partial charge on any atom is 0.166 e. The van der Waals surface area contributed by atoms with Crippen LogP contribution in [0.3, 0.4) is 0 Å². The molecule has 92 valence electrons. The molecule has 1 aliphatic rings. The van der Waals surface area contributed by atoms with Crippen LogP contribution in [-0.2, 0) is 0 Å². The van der Waals surface area contributed by atoms with Gasteiger partial charge < -0.3 is 11.1 Å². The smallest absolute Gasteiger partial charge is 0.166 e. The molecule has 17 heavy (non-hydrogen) atoms. The first-order valence-corrected chi connectivity index (χ1v) is 6.19. The number of aromatic nitrogens is 1. The van der Waals surface area contributed by atoms with E-state index >= 15 is 0 Å². The lowest BCUT2D eigenvalue weighted by atomic mass is 9.98. The van der Waals surface area contributed by atoms with Crippen molar-refractivity contribution in [2.75, 3.05) is 18.8 Å². The number of nitrogen functional groups attached to an aromatic ring is 1. The molecule has 1 aromatic rings. The van der Waals surface area contributed by atoms with Gasteiger partial charge in [-0.1, -0.05) is 11.6 Å². The van der Waals surface area contributed by atoms with Gasteiger partial charge in [-0.15, -0.1) is 0 Å². The zero-order chi connectivity index (χ0) is 12.3. The van der Waals surface area contributed by atoms with Crippen LogP contribution >= 0.6 is 11.6 Å². The largest absolute Gasteiger partial charge is 0.383 e. The molecule has 4 nitrogen and oxygen atoms in total. The normalized spacial score (nSPS) is 19.5.